The highest BCUT2D eigenvalue weighted by molar-refractivity contribution is 5.59. The number of rotatable bonds is 2. The number of carbonyl (C=O) groups excluding carboxylic acids is 1. The zero-order valence-corrected chi connectivity index (χ0v) is 7.45. The summed E-state index contributed by atoms with van der Waals surface area (Å²) in [6, 6.07) is 6.02. The average Bonchev–Trinajstić information content (AvgIpc) is 2.19. The number of para-hydroxylation sites is 1. The second kappa shape index (κ2) is 3.60. The van der Waals surface area contributed by atoms with Gasteiger partial charge in [-0.1, -0.05) is 18.2 Å². The largest absolute Gasteiger partial charge is 0.493 e. The Hall–Kier alpha value is -1.31. The van der Waals surface area contributed by atoms with Gasteiger partial charge in [-0.15, -0.1) is 0 Å². The van der Waals surface area contributed by atoms with E-state index >= 15 is 0 Å². The van der Waals surface area contributed by atoms with Crippen LogP contribution < -0.4 is 4.74 Å². The quantitative estimate of drug-likeness (QED) is 0.642. The van der Waals surface area contributed by atoms with Crippen LogP contribution in [0.1, 0.15) is 17.5 Å². The molecule has 13 heavy (non-hydrogen) atoms. The highest BCUT2D eigenvalue weighted by Gasteiger charge is 2.13. The molecule has 0 saturated heterocycles. The van der Waals surface area contributed by atoms with E-state index < -0.39 is 0 Å². The van der Waals surface area contributed by atoms with E-state index in [9.17, 15) is 4.79 Å². The van der Waals surface area contributed by atoms with Crippen molar-refractivity contribution in [2.75, 3.05) is 6.61 Å². The molecule has 0 radical (unpaired) electrons. The summed E-state index contributed by atoms with van der Waals surface area (Å²) >= 11 is 0. The minimum absolute atomic E-state index is 0.461. The molecule has 68 valence electrons. The van der Waals surface area contributed by atoms with Crippen molar-refractivity contribution in [3.63, 3.8) is 0 Å². The molecule has 0 fully saturated rings. The van der Waals surface area contributed by atoms with Crippen LogP contribution >= 0.6 is 0 Å². The maximum atomic E-state index is 10.4. The van der Waals surface area contributed by atoms with Gasteiger partial charge < -0.3 is 9.53 Å². The van der Waals surface area contributed by atoms with Crippen LogP contribution in [-0.2, 0) is 17.6 Å². The first-order valence-electron chi connectivity index (χ1n) is 4.59. The summed E-state index contributed by atoms with van der Waals surface area (Å²) < 4.78 is 5.55. The molecule has 0 aromatic heterocycles. The molecule has 0 saturated carbocycles. The minimum Gasteiger partial charge on any atom is -0.493 e. The molecule has 1 heterocycles. The van der Waals surface area contributed by atoms with Crippen molar-refractivity contribution in [2.45, 2.75) is 19.3 Å². The molecule has 0 amide bonds. The van der Waals surface area contributed by atoms with Gasteiger partial charge in [-0.2, -0.15) is 0 Å². The fourth-order valence-electron chi connectivity index (χ4n) is 1.71. The van der Waals surface area contributed by atoms with Crippen LogP contribution in [0.3, 0.4) is 0 Å². The lowest BCUT2D eigenvalue weighted by Crippen LogP contribution is -2.10. The Morgan fingerprint density at radius 2 is 2.38 bits per heavy atom. The summed E-state index contributed by atoms with van der Waals surface area (Å²) in [7, 11) is 0. The number of aryl methyl sites for hydroxylation is 1. The normalized spacial score (nSPS) is 14.5. The molecule has 2 nitrogen and oxygen atoms in total. The second-order valence-electron chi connectivity index (χ2n) is 3.23. The first-order valence-corrected chi connectivity index (χ1v) is 4.59. The summed E-state index contributed by atoms with van der Waals surface area (Å²) in [5.41, 5.74) is 2.26. The number of fused-ring (bicyclic) bond motifs is 1. The molecule has 0 bridgehead atoms. The maximum absolute atomic E-state index is 10.4. The van der Waals surface area contributed by atoms with Gasteiger partial charge in [-0.3, -0.25) is 0 Å². The number of carbonyl (C=O) groups is 1. The first-order chi connectivity index (χ1) is 6.42. The number of benzene rings is 1. The van der Waals surface area contributed by atoms with Crippen molar-refractivity contribution in [2.24, 2.45) is 0 Å². The van der Waals surface area contributed by atoms with Crippen LogP contribution in [0.15, 0.2) is 18.2 Å². The van der Waals surface area contributed by atoms with Gasteiger partial charge in [0.25, 0.3) is 0 Å². The highest BCUT2D eigenvalue weighted by atomic mass is 16.5. The van der Waals surface area contributed by atoms with E-state index in [1.54, 1.807) is 0 Å². The van der Waals surface area contributed by atoms with E-state index in [0.717, 1.165) is 37.0 Å². The molecule has 0 spiro atoms. The standard InChI is InChI=1S/C11H12O2/c12-7-6-10-4-1-3-9-5-2-8-13-11(9)10/h1,3-4,7H,2,5-6,8H2. The maximum Gasteiger partial charge on any atom is 0.126 e. The van der Waals surface area contributed by atoms with Gasteiger partial charge in [0.05, 0.1) is 6.61 Å². The summed E-state index contributed by atoms with van der Waals surface area (Å²) in [6.07, 6.45) is 3.54. The molecule has 0 unspecified atom stereocenters. The van der Waals surface area contributed by atoms with Crippen LogP contribution in [0.2, 0.25) is 0 Å². The van der Waals surface area contributed by atoms with Gasteiger partial charge in [0.15, 0.2) is 0 Å². The van der Waals surface area contributed by atoms with Crippen LogP contribution in [0.5, 0.6) is 5.75 Å². The molecule has 0 atom stereocenters. The van der Waals surface area contributed by atoms with Crippen molar-refractivity contribution in [1.82, 2.24) is 0 Å². The molecular weight excluding hydrogens is 164 g/mol. The van der Waals surface area contributed by atoms with Crippen LogP contribution in [0.25, 0.3) is 0 Å². The van der Waals surface area contributed by atoms with Crippen LogP contribution in [0, 0.1) is 0 Å². The van der Waals surface area contributed by atoms with Gasteiger partial charge in [-0.05, 0) is 18.4 Å². The Morgan fingerprint density at radius 1 is 1.46 bits per heavy atom. The van der Waals surface area contributed by atoms with E-state index in [4.69, 9.17) is 4.74 Å². The summed E-state index contributed by atoms with van der Waals surface area (Å²) in [5, 5.41) is 0. The van der Waals surface area contributed by atoms with Gasteiger partial charge in [0, 0.05) is 12.0 Å². The number of aldehydes is 1. The van der Waals surface area contributed by atoms with Gasteiger partial charge in [0.2, 0.25) is 0 Å². The van der Waals surface area contributed by atoms with E-state index in [1.807, 2.05) is 12.1 Å². The third kappa shape index (κ3) is 1.57. The Labute approximate surface area is 77.5 Å². The number of ether oxygens (including phenoxy) is 1. The third-order valence-corrected chi connectivity index (χ3v) is 2.32. The van der Waals surface area contributed by atoms with Gasteiger partial charge >= 0.3 is 0 Å². The van der Waals surface area contributed by atoms with Crippen LogP contribution in [-0.4, -0.2) is 12.9 Å². The predicted octanol–water partition coefficient (Wildman–Crippen LogP) is 1.75. The molecule has 0 N–H and O–H groups in total. The summed E-state index contributed by atoms with van der Waals surface area (Å²) in [6.45, 7) is 0.781. The zero-order valence-electron chi connectivity index (χ0n) is 7.45. The molecule has 2 rings (SSSR count). The topological polar surface area (TPSA) is 26.3 Å². The number of hydrogen-bond donors (Lipinski definition) is 0. The minimum atomic E-state index is 0.461. The smallest absolute Gasteiger partial charge is 0.126 e. The predicted molar refractivity (Wildman–Crippen MR) is 50.0 cm³/mol. The highest BCUT2D eigenvalue weighted by Crippen LogP contribution is 2.28. The molecule has 2 heteroatoms. The van der Waals surface area contributed by atoms with Crippen molar-refractivity contribution in [3.8, 4) is 5.75 Å². The van der Waals surface area contributed by atoms with Gasteiger partial charge in [0.1, 0.15) is 12.0 Å². The molecule has 1 aliphatic rings. The number of hydrogen-bond acceptors (Lipinski definition) is 2. The van der Waals surface area contributed by atoms with Crippen molar-refractivity contribution >= 4 is 6.29 Å². The molecular formula is C11H12O2. The lowest BCUT2D eigenvalue weighted by Gasteiger charge is -2.19. The van der Waals surface area contributed by atoms with Crippen molar-refractivity contribution in [3.05, 3.63) is 29.3 Å². The molecule has 1 aromatic carbocycles. The Morgan fingerprint density at radius 3 is 3.23 bits per heavy atom. The molecule has 1 aromatic rings. The summed E-state index contributed by atoms with van der Waals surface area (Å²) in [5.74, 6) is 0.945. The Bertz CT molecular complexity index is 318. The molecule has 0 aliphatic carbocycles. The third-order valence-electron chi connectivity index (χ3n) is 2.32. The van der Waals surface area contributed by atoms with Crippen molar-refractivity contribution in [1.29, 1.82) is 0 Å². The van der Waals surface area contributed by atoms with E-state index in [0.29, 0.717) is 6.42 Å². The first kappa shape index (κ1) is 8.30. The van der Waals surface area contributed by atoms with Crippen molar-refractivity contribution < 1.29 is 9.53 Å². The van der Waals surface area contributed by atoms with E-state index in [1.165, 1.54) is 5.56 Å². The lowest BCUT2D eigenvalue weighted by atomic mass is 10.0. The summed E-state index contributed by atoms with van der Waals surface area (Å²) in [4.78, 5) is 10.4. The Balaban J connectivity index is 2.39. The second-order valence-corrected chi connectivity index (χ2v) is 3.23. The Kier molecular flexibility index (Phi) is 2.30. The fraction of sp³-hybridized carbons (Fsp3) is 0.364. The SMILES string of the molecule is O=CCc1cccc2c1OCCC2. The fourth-order valence-corrected chi connectivity index (χ4v) is 1.71. The van der Waals surface area contributed by atoms with Gasteiger partial charge in [-0.25, -0.2) is 0 Å². The van der Waals surface area contributed by atoms with E-state index in [2.05, 4.69) is 6.07 Å². The lowest BCUT2D eigenvalue weighted by molar-refractivity contribution is -0.107. The average molecular weight is 176 g/mol. The van der Waals surface area contributed by atoms with E-state index in [-0.39, 0.29) is 0 Å². The zero-order chi connectivity index (χ0) is 9.10. The monoisotopic (exact) mass is 176 g/mol. The van der Waals surface area contributed by atoms with Crippen LogP contribution in [0.4, 0.5) is 0 Å². The molecule has 1 aliphatic heterocycles.